The Morgan fingerprint density at radius 2 is 1.96 bits per heavy atom. The van der Waals surface area contributed by atoms with Crippen LogP contribution in [0.2, 0.25) is 0 Å². The van der Waals surface area contributed by atoms with E-state index in [9.17, 15) is 14.9 Å². The van der Waals surface area contributed by atoms with Gasteiger partial charge in [0.1, 0.15) is 5.69 Å². The first kappa shape index (κ1) is 16.7. The molecule has 0 spiro atoms. The fraction of sp³-hybridized carbons (Fsp3) is 0.588. The van der Waals surface area contributed by atoms with Crippen LogP contribution in [-0.4, -0.2) is 47.4 Å². The number of rotatable bonds is 6. The van der Waals surface area contributed by atoms with E-state index in [1.807, 2.05) is 0 Å². The molecule has 1 aliphatic carbocycles. The Bertz CT molecular complexity index is 622. The van der Waals surface area contributed by atoms with Crippen LogP contribution in [0.1, 0.15) is 43.0 Å². The quantitative estimate of drug-likeness (QED) is 0.617. The minimum Gasteiger partial charge on any atom is -0.377 e. The minimum atomic E-state index is -0.429. The van der Waals surface area contributed by atoms with Gasteiger partial charge < -0.3 is 15.5 Å². The molecule has 1 heterocycles. The molecule has 24 heavy (non-hydrogen) atoms. The summed E-state index contributed by atoms with van der Waals surface area (Å²) >= 11 is 0. The van der Waals surface area contributed by atoms with Crippen LogP contribution in [0.4, 0.5) is 11.4 Å². The second-order valence-electron chi connectivity index (χ2n) is 6.59. The molecular formula is C17H24N4O3. The van der Waals surface area contributed by atoms with Crippen molar-refractivity contribution in [3.63, 3.8) is 0 Å². The van der Waals surface area contributed by atoms with E-state index in [0.29, 0.717) is 17.3 Å². The SMILES string of the molecule is CCN1CCC(NC(=O)c2ccc(NC3CC3)c([N+](=O)[O-])c2)CC1. The summed E-state index contributed by atoms with van der Waals surface area (Å²) in [6, 6.07) is 5.15. The molecule has 1 aromatic rings. The van der Waals surface area contributed by atoms with Crippen LogP contribution < -0.4 is 10.6 Å². The summed E-state index contributed by atoms with van der Waals surface area (Å²) < 4.78 is 0. The Balaban J connectivity index is 1.66. The van der Waals surface area contributed by atoms with Crippen molar-refractivity contribution in [1.29, 1.82) is 0 Å². The summed E-state index contributed by atoms with van der Waals surface area (Å²) in [7, 11) is 0. The van der Waals surface area contributed by atoms with Crippen LogP contribution >= 0.6 is 0 Å². The maximum atomic E-state index is 12.4. The zero-order valence-corrected chi connectivity index (χ0v) is 14.0. The summed E-state index contributed by atoms with van der Waals surface area (Å²) in [5.74, 6) is -0.231. The van der Waals surface area contributed by atoms with Crippen molar-refractivity contribution in [3.05, 3.63) is 33.9 Å². The van der Waals surface area contributed by atoms with Gasteiger partial charge in [0, 0.05) is 36.8 Å². The average molecular weight is 332 g/mol. The zero-order chi connectivity index (χ0) is 17.1. The number of carbonyl (C=O) groups is 1. The molecular weight excluding hydrogens is 308 g/mol. The molecule has 3 rings (SSSR count). The Labute approximate surface area is 141 Å². The zero-order valence-electron chi connectivity index (χ0n) is 14.0. The Morgan fingerprint density at radius 1 is 1.25 bits per heavy atom. The van der Waals surface area contributed by atoms with Crippen LogP contribution in [0.25, 0.3) is 0 Å². The molecule has 0 unspecified atom stereocenters. The molecule has 1 aliphatic heterocycles. The van der Waals surface area contributed by atoms with Gasteiger partial charge in [-0.3, -0.25) is 14.9 Å². The first-order valence-corrected chi connectivity index (χ1v) is 8.65. The third kappa shape index (κ3) is 4.03. The highest BCUT2D eigenvalue weighted by Gasteiger charge is 2.26. The molecule has 1 amide bonds. The van der Waals surface area contributed by atoms with Crippen molar-refractivity contribution in [3.8, 4) is 0 Å². The first-order valence-electron chi connectivity index (χ1n) is 8.65. The van der Waals surface area contributed by atoms with Gasteiger partial charge in [-0.2, -0.15) is 0 Å². The lowest BCUT2D eigenvalue weighted by molar-refractivity contribution is -0.384. The maximum Gasteiger partial charge on any atom is 0.293 e. The second-order valence-corrected chi connectivity index (χ2v) is 6.59. The van der Waals surface area contributed by atoms with Crippen LogP contribution in [0.5, 0.6) is 0 Å². The van der Waals surface area contributed by atoms with Crippen molar-refractivity contribution in [1.82, 2.24) is 10.2 Å². The van der Waals surface area contributed by atoms with Crippen molar-refractivity contribution in [2.24, 2.45) is 0 Å². The number of nitrogens with zero attached hydrogens (tertiary/aromatic N) is 2. The Morgan fingerprint density at radius 3 is 2.54 bits per heavy atom. The summed E-state index contributed by atoms with van der Waals surface area (Å²) in [6.45, 7) is 5.12. The summed E-state index contributed by atoms with van der Waals surface area (Å²) in [5, 5.41) is 17.4. The predicted octanol–water partition coefficient (Wildman–Crippen LogP) is 2.38. The molecule has 2 N–H and O–H groups in total. The molecule has 130 valence electrons. The molecule has 1 aromatic carbocycles. The van der Waals surface area contributed by atoms with Crippen LogP contribution in [0.15, 0.2) is 18.2 Å². The van der Waals surface area contributed by atoms with Crippen LogP contribution in [0, 0.1) is 10.1 Å². The lowest BCUT2D eigenvalue weighted by Crippen LogP contribution is -2.44. The fourth-order valence-corrected chi connectivity index (χ4v) is 3.06. The fourth-order valence-electron chi connectivity index (χ4n) is 3.06. The minimum absolute atomic E-state index is 0.0321. The number of nitrogens with one attached hydrogen (secondary N) is 2. The molecule has 2 aliphatic rings. The Kier molecular flexibility index (Phi) is 4.99. The van der Waals surface area contributed by atoms with Crippen LogP contribution in [-0.2, 0) is 0 Å². The first-order chi connectivity index (χ1) is 11.6. The highest BCUT2D eigenvalue weighted by Crippen LogP contribution is 2.31. The molecule has 2 fully saturated rings. The average Bonchev–Trinajstić information content (AvgIpc) is 3.39. The number of likely N-dealkylation sites (tertiary alicyclic amines) is 1. The van der Waals surface area contributed by atoms with Gasteiger partial charge in [0.15, 0.2) is 0 Å². The number of benzene rings is 1. The van der Waals surface area contributed by atoms with E-state index in [1.165, 1.54) is 6.07 Å². The maximum absolute atomic E-state index is 12.4. The number of hydrogen-bond donors (Lipinski definition) is 2. The van der Waals surface area contributed by atoms with Crippen molar-refractivity contribution in [2.75, 3.05) is 25.0 Å². The van der Waals surface area contributed by atoms with E-state index in [-0.39, 0.29) is 17.6 Å². The second kappa shape index (κ2) is 7.17. The molecule has 0 radical (unpaired) electrons. The monoisotopic (exact) mass is 332 g/mol. The van der Waals surface area contributed by atoms with Gasteiger partial charge in [-0.1, -0.05) is 6.92 Å². The van der Waals surface area contributed by atoms with Gasteiger partial charge in [0.2, 0.25) is 0 Å². The molecule has 0 atom stereocenters. The van der Waals surface area contributed by atoms with Gasteiger partial charge >= 0.3 is 0 Å². The number of anilines is 1. The molecule has 7 nitrogen and oxygen atoms in total. The van der Waals surface area contributed by atoms with Crippen molar-refractivity contribution >= 4 is 17.3 Å². The molecule has 1 saturated carbocycles. The highest BCUT2D eigenvalue weighted by molar-refractivity contribution is 5.96. The van der Waals surface area contributed by atoms with Crippen molar-refractivity contribution < 1.29 is 9.72 Å². The number of nitro benzene ring substituents is 1. The van der Waals surface area contributed by atoms with Gasteiger partial charge in [-0.15, -0.1) is 0 Å². The lowest BCUT2D eigenvalue weighted by Gasteiger charge is -2.31. The summed E-state index contributed by atoms with van der Waals surface area (Å²) in [5.41, 5.74) is 0.812. The van der Waals surface area contributed by atoms with Gasteiger partial charge in [-0.05, 0) is 44.4 Å². The largest absolute Gasteiger partial charge is 0.377 e. The van der Waals surface area contributed by atoms with Gasteiger partial charge in [0.25, 0.3) is 11.6 Å². The van der Waals surface area contributed by atoms with E-state index in [1.54, 1.807) is 12.1 Å². The molecule has 7 heteroatoms. The standard InChI is InChI=1S/C17H24N4O3/c1-2-20-9-7-14(8-10-20)19-17(22)12-3-6-15(18-13-4-5-13)16(11-12)21(23)24/h3,6,11,13-14,18H,2,4-5,7-10H2,1H3,(H,19,22). The highest BCUT2D eigenvalue weighted by atomic mass is 16.6. The van der Waals surface area contributed by atoms with Crippen molar-refractivity contribution in [2.45, 2.75) is 44.7 Å². The topological polar surface area (TPSA) is 87.5 Å². The number of hydrogen-bond acceptors (Lipinski definition) is 5. The smallest absolute Gasteiger partial charge is 0.293 e. The molecule has 0 bridgehead atoms. The number of amides is 1. The summed E-state index contributed by atoms with van der Waals surface area (Å²) in [4.78, 5) is 25.6. The molecule has 0 aromatic heterocycles. The van der Waals surface area contributed by atoms with Crippen LogP contribution in [0.3, 0.4) is 0 Å². The molecule has 1 saturated heterocycles. The third-order valence-corrected chi connectivity index (χ3v) is 4.76. The van der Waals surface area contributed by atoms with E-state index in [4.69, 9.17) is 0 Å². The van der Waals surface area contributed by atoms with E-state index in [0.717, 1.165) is 45.3 Å². The number of carbonyl (C=O) groups excluding carboxylic acids is 1. The van der Waals surface area contributed by atoms with E-state index < -0.39 is 4.92 Å². The predicted molar refractivity (Wildman–Crippen MR) is 92.3 cm³/mol. The van der Waals surface area contributed by atoms with Gasteiger partial charge in [0.05, 0.1) is 4.92 Å². The van der Waals surface area contributed by atoms with E-state index in [2.05, 4.69) is 22.5 Å². The summed E-state index contributed by atoms with van der Waals surface area (Å²) in [6.07, 6.45) is 3.91. The lowest BCUT2D eigenvalue weighted by atomic mass is 10.0. The Hall–Kier alpha value is -2.15. The van der Waals surface area contributed by atoms with E-state index >= 15 is 0 Å². The third-order valence-electron chi connectivity index (χ3n) is 4.76. The van der Waals surface area contributed by atoms with Gasteiger partial charge in [-0.25, -0.2) is 0 Å². The number of piperidine rings is 1. The normalized spacial score (nSPS) is 19.0. The number of nitro groups is 1.